The monoisotopic (exact) mass is 921 g/mol. The quantitative estimate of drug-likeness (QED) is 0.0262. The van der Waals surface area contributed by atoms with Gasteiger partial charge < -0.3 is 14.2 Å². The molecule has 380 valence electrons. The summed E-state index contributed by atoms with van der Waals surface area (Å²) in [5, 5.41) is 0. The second-order valence-corrected chi connectivity index (χ2v) is 18.5. The molecule has 0 amide bonds. The van der Waals surface area contributed by atoms with E-state index >= 15 is 0 Å². The summed E-state index contributed by atoms with van der Waals surface area (Å²) in [4.78, 5) is 38.1. The molecule has 6 nitrogen and oxygen atoms in total. The third kappa shape index (κ3) is 51.8. The summed E-state index contributed by atoms with van der Waals surface area (Å²) < 4.78 is 16.8. The van der Waals surface area contributed by atoms with Crippen molar-refractivity contribution in [3.8, 4) is 0 Å². The molecule has 6 heteroatoms. The zero-order valence-corrected chi connectivity index (χ0v) is 43.4. The molecule has 0 bridgehead atoms. The Hall–Kier alpha value is -3.15. The number of allylic oxidation sites excluding steroid dienone is 12. The van der Waals surface area contributed by atoms with Crippen molar-refractivity contribution in [1.82, 2.24) is 0 Å². The van der Waals surface area contributed by atoms with Gasteiger partial charge in [0.25, 0.3) is 0 Å². The van der Waals surface area contributed by atoms with Crippen molar-refractivity contribution < 1.29 is 28.6 Å². The molecule has 0 radical (unpaired) electrons. The minimum absolute atomic E-state index is 0.0890. The van der Waals surface area contributed by atoms with E-state index in [-0.39, 0.29) is 31.1 Å². The van der Waals surface area contributed by atoms with Crippen LogP contribution in [-0.4, -0.2) is 37.2 Å². The van der Waals surface area contributed by atoms with Gasteiger partial charge in [0, 0.05) is 19.3 Å². The van der Waals surface area contributed by atoms with Gasteiger partial charge in [-0.05, 0) is 109 Å². The summed E-state index contributed by atoms with van der Waals surface area (Å²) in [6.45, 7) is 6.48. The number of carbonyl (C=O) groups excluding carboxylic acids is 3. The van der Waals surface area contributed by atoms with E-state index in [1.54, 1.807) is 0 Å². The molecule has 0 aliphatic carbocycles. The minimum Gasteiger partial charge on any atom is -0.462 e. The molecular formula is C60H104O6. The second-order valence-electron chi connectivity index (χ2n) is 18.5. The van der Waals surface area contributed by atoms with Crippen LogP contribution in [0.5, 0.6) is 0 Å². The van der Waals surface area contributed by atoms with Crippen LogP contribution in [0.2, 0.25) is 0 Å². The summed E-state index contributed by atoms with van der Waals surface area (Å²) in [7, 11) is 0. The zero-order valence-electron chi connectivity index (χ0n) is 43.4. The van der Waals surface area contributed by atoms with E-state index in [1.807, 2.05) is 0 Å². The highest BCUT2D eigenvalue weighted by Crippen LogP contribution is 2.14. The van der Waals surface area contributed by atoms with Crippen LogP contribution in [0, 0.1) is 0 Å². The second kappa shape index (κ2) is 54.5. The van der Waals surface area contributed by atoms with E-state index < -0.39 is 6.10 Å². The van der Waals surface area contributed by atoms with Gasteiger partial charge in [-0.3, -0.25) is 14.4 Å². The fraction of sp³-hybridized carbons (Fsp3) is 0.750. The summed E-state index contributed by atoms with van der Waals surface area (Å²) in [6.07, 6.45) is 68.8. The average molecular weight is 921 g/mol. The maximum Gasteiger partial charge on any atom is 0.306 e. The lowest BCUT2D eigenvalue weighted by atomic mass is 10.1. The van der Waals surface area contributed by atoms with Crippen LogP contribution < -0.4 is 0 Å². The van der Waals surface area contributed by atoms with Crippen LogP contribution in [0.1, 0.15) is 271 Å². The average Bonchev–Trinajstić information content (AvgIpc) is 3.31. The number of rotatable bonds is 50. The Morgan fingerprint density at radius 2 is 0.591 bits per heavy atom. The molecule has 0 aromatic rings. The predicted molar refractivity (Wildman–Crippen MR) is 284 cm³/mol. The van der Waals surface area contributed by atoms with Gasteiger partial charge in [-0.1, -0.05) is 216 Å². The molecule has 1 unspecified atom stereocenters. The van der Waals surface area contributed by atoms with Gasteiger partial charge in [0.05, 0.1) is 0 Å². The minimum atomic E-state index is -0.792. The largest absolute Gasteiger partial charge is 0.462 e. The summed E-state index contributed by atoms with van der Waals surface area (Å²) in [5.74, 6) is -0.919. The third-order valence-corrected chi connectivity index (χ3v) is 11.9. The van der Waals surface area contributed by atoms with E-state index in [4.69, 9.17) is 14.2 Å². The van der Waals surface area contributed by atoms with Crippen LogP contribution in [0.3, 0.4) is 0 Å². The highest BCUT2D eigenvalue weighted by Gasteiger charge is 2.19. The SMILES string of the molecule is CC/C=C\C/C=C\C/C=C\CCCCCCCC(=O)OC(COC(=O)CCCCCCC/C=C\C/C=C\CCCCC)COC(=O)CCCCCCCCC/C=C\CCCCCCCCC. The first kappa shape index (κ1) is 62.8. The number of ether oxygens (including phenoxy) is 3. The smallest absolute Gasteiger partial charge is 0.306 e. The molecular weight excluding hydrogens is 817 g/mol. The highest BCUT2D eigenvalue weighted by molar-refractivity contribution is 5.71. The zero-order chi connectivity index (χ0) is 47.9. The number of carbonyl (C=O) groups is 3. The van der Waals surface area contributed by atoms with Crippen molar-refractivity contribution >= 4 is 17.9 Å². The van der Waals surface area contributed by atoms with E-state index in [2.05, 4.69) is 93.7 Å². The van der Waals surface area contributed by atoms with Crippen LogP contribution in [0.15, 0.2) is 72.9 Å². The lowest BCUT2D eigenvalue weighted by Gasteiger charge is -2.18. The van der Waals surface area contributed by atoms with Crippen molar-refractivity contribution in [2.75, 3.05) is 13.2 Å². The summed E-state index contributed by atoms with van der Waals surface area (Å²) in [6, 6.07) is 0. The number of unbranched alkanes of at least 4 members (excludes halogenated alkanes) is 27. The topological polar surface area (TPSA) is 78.9 Å². The highest BCUT2D eigenvalue weighted by atomic mass is 16.6. The van der Waals surface area contributed by atoms with Gasteiger partial charge in [-0.15, -0.1) is 0 Å². The van der Waals surface area contributed by atoms with Crippen LogP contribution in [0.4, 0.5) is 0 Å². The van der Waals surface area contributed by atoms with Gasteiger partial charge in [0.1, 0.15) is 13.2 Å². The number of hydrogen-bond donors (Lipinski definition) is 0. The molecule has 66 heavy (non-hydrogen) atoms. The van der Waals surface area contributed by atoms with Crippen LogP contribution in [-0.2, 0) is 28.6 Å². The van der Waals surface area contributed by atoms with E-state index in [0.717, 1.165) is 116 Å². The first-order valence-electron chi connectivity index (χ1n) is 27.9. The van der Waals surface area contributed by atoms with Crippen molar-refractivity contribution in [3.05, 3.63) is 72.9 Å². The molecule has 0 heterocycles. The molecule has 0 spiro atoms. The van der Waals surface area contributed by atoms with Crippen molar-refractivity contribution in [2.24, 2.45) is 0 Å². The van der Waals surface area contributed by atoms with E-state index in [0.29, 0.717) is 19.3 Å². The van der Waals surface area contributed by atoms with Crippen molar-refractivity contribution in [3.63, 3.8) is 0 Å². The van der Waals surface area contributed by atoms with Crippen LogP contribution in [0.25, 0.3) is 0 Å². The fourth-order valence-electron chi connectivity index (χ4n) is 7.72. The molecule has 0 saturated heterocycles. The molecule has 0 aromatic heterocycles. The summed E-state index contributed by atoms with van der Waals surface area (Å²) in [5.41, 5.74) is 0. The first-order chi connectivity index (χ1) is 32.5. The molecule has 0 aliphatic heterocycles. The van der Waals surface area contributed by atoms with Gasteiger partial charge in [-0.2, -0.15) is 0 Å². The molecule has 0 saturated carbocycles. The standard InChI is InChI=1S/C60H104O6/c1-4-7-10-13-16-19-22-25-28-29-30-33-35-38-41-44-47-50-53-59(62)65-56-57(66-60(63)54-51-48-45-42-39-36-32-27-24-21-18-15-12-9-6-3)55-64-58(61)52-49-46-43-40-37-34-31-26-23-20-17-14-11-8-5-2/h9,12,17-18,20-21,26-29,31-32,57H,4-8,10-11,13-16,19,22-25,30,33-56H2,1-3H3/b12-9-,20-17-,21-18-,29-28-,31-26-,32-27-. The Kier molecular flexibility index (Phi) is 51.9. The first-order valence-corrected chi connectivity index (χ1v) is 27.9. The molecule has 1 atom stereocenters. The number of esters is 3. The Bertz CT molecular complexity index is 1240. The molecule has 0 N–H and O–H groups in total. The Morgan fingerprint density at radius 1 is 0.318 bits per heavy atom. The Morgan fingerprint density at radius 3 is 0.970 bits per heavy atom. The lowest BCUT2D eigenvalue weighted by molar-refractivity contribution is -0.167. The van der Waals surface area contributed by atoms with Crippen molar-refractivity contribution in [2.45, 2.75) is 277 Å². The van der Waals surface area contributed by atoms with Gasteiger partial charge in [0.2, 0.25) is 0 Å². The lowest BCUT2D eigenvalue weighted by Crippen LogP contribution is -2.30. The third-order valence-electron chi connectivity index (χ3n) is 11.9. The number of hydrogen-bond acceptors (Lipinski definition) is 6. The van der Waals surface area contributed by atoms with Gasteiger partial charge >= 0.3 is 17.9 Å². The molecule has 0 rings (SSSR count). The Balaban J connectivity index is 4.42. The maximum atomic E-state index is 12.8. The predicted octanol–water partition coefficient (Wildman–Crippen LogP) is 18.6. The van der Waals surface area contributed by atoms with Crippen LogP contribution >= 0.6 is 0 Å². The van der Waals surface area contributed by atoms with Gasteiger partial charge in [0.15, 0.2) is 6.10 Å². The summed E-state index contributed by atoms with van der Waals surface area (Å²) >= 11 is 0. The Labute approximate surface area is 408 Å². The molecule has 0 fully saturated rings. The maximum absolute atomic E-state index is 12.8. The van der Waals surface area contributed by atoms with E-state index in [9.17, 15) is 14.4 Å². The fourth-order valence-corrected chi connectivity index (χ4v) is 7.72. The van der Waals surface area contributed by atoms with E-state index in [1.165, 1.54) is 116 Å². The molecule has 0 aromatic carbocycles. The van der Waals surface area contributed by atoms with Crippen molar-refractivity contribution in [1.29, 1.82) is 0 Å². The normalized spacial score (nSPS) is 12.6. The molecule has 0 aliphatic rings. The van der Waals surface area contributed by atoms with Gasteiger partial charge in [-0.25, -0.2) is 0 Å².